The average Bonchev–Trinajstić information content (AvgIpc) is 3.66. The van der Waals surface area contributed by atoms with E-state index in [1.165, 1.54) is 30.5 Å². The molecule has 2 bridgehead atoms. The summed E-state index contributed by atoms with van der Waals surface area (Å²) < 4.78 is 52.1. The van der Waals surface area contributed by atoms with Crippen LogP contribution >= 0.6 is 0 Å². The zero-order valence-corrected chi connectivity index (χ0v) is 26.8. The van der Waals surface area contributed by atoms with E-state index in [9.17, 15) is 13.9 Å². The number of ether oxygens (including phenoxy) is 1. The molecule has 12 heteroatoms. The minimum Gasteiger partial charge on any atom is -0.654 e. The van der Waals surface area contributed by atoms with Gasteiger partial charge in [0.1, 0.15) is 41.4 Å². The number of halogens is 3. The molecule has 4 saturated heterocycles. The first-order valence-corrected chi connectivity index (χ1v) is 15.1. The van der Waals surface area contributed by atoms with E-state index < -0.39 is 23.3 Å². The van der Waals surface area contributed by atoms with Crippen molar-refractivity contribution in [2.24, 2.45) is 0 Å². The standard InChI is InChI=1S/C33H30F3N6O2.CH3.V/c1-2-23-26(35)7-4-18-10-22(43)11-24(27(18)23)29-28(36)30-25(13-37-29)31(41-15-20-5-6-21(16-41)38-20)40-32(39-30)44-17-33-8-3-9-42(33)14-19(34)12-33;;/h1,4,7,10-11,13,19-21,43H,3,5-6,8-9,12,14-17H2;1H3;/q2*-1;+2/t19?,20?,21?,33-;;/m0../s1. The van der Waals surface area contributed by atoms with Crippen LogP contribution in [0.15, 0.2) is 30.5 Å². The Balaban J connectivity index is 0.00000186. The molecule has 1 radical (unpaired) electrons. The number of pyridine rings is 1. The molecule has 2 aromatic heterocycles. The maximum absolute atomic E-state index is 16.7. The Labute approximate surface area is 277 Å². The number of phenols is 1. The van der Waals surface area contributed by atoms with Crippen molar-refractivity contribution >= 4 is 27.5 Å². The predicted octanol–water partition coefficient (Wildman–Crippen LogP) is 5.94. The Morgan fingerprint density at radius 1 is 1.13 bits per heavy atom. The summed E-state index contributed by atoms with van der Waals surface area (Å²) in [5.74, 6) is 1.31. The summed E-state index contributed by atoms with van der Waals surface area (Å²) in [5.41, 5.74) is -0.498. The molecule has 3 unspecified atom stereocenters. The topological polar surface area (TPSA) is 88.7 Å². The number of terminal acetylenes is 1. The van der Waals surface area contributed by atoms with Gasteiger partial charge in [-0.3, -0.25) is 9.88 Å². The van der Waals surface area contributed by atoms with Gasteiger partial charge in [-0.1, -0.05) is 24.8 Å². The molecular weight excluding hydrogens is 632 g/mol. The van der Waals surface area contributed by atoms with Gasteiger partial charge in [0, 0.05) is 43.2 Å². The van der Waals surface area contributed by atoms with Gasteiger partial charge in [-0.15, -0.1) is 18.5 Å². The molecule has 0 amide bonds. The molecular formula is C34H33F3N6O2V. The summed E-state index contributed by atoms with van der Waals surface area (Å²) in [6.45, 7) is 2.66. The van der Waals surface area contributed by atoms with Crippen LogP contribution < -0.4 is 9.64 Å². The number of rotatable bonds is 5. The van der Waals surface area contributed by atoms with Gasteiger partial charge in [0.05, 0.1) is 16.5 Å². The van der Waals surface area contributed by atoms with Crippen molar-refractivity contribution in [1.82, 2.24) is 19.9 Å². The van der Waals surface area contributed by atoms with Crippen LogP contribution in [0.4, 0.5) is 19.0 Å². The Kier molecular flexibility index (Phi) is 8.61. The molecule has 4 fully saturated rings. The Morgan fingerprint density at radius 3 is 2.67 bits per heavy atom. The average molecular weight is 666 g/mol. The van der Waals surface area contributed by atoms with Gasteiger partial charge in [-0.2, -0.15) is 9.97 Å². The van der Waals surface area contributed by atoms with Crippen molar-refractivity contribution in [1.29, 1.82) is 0 Å². The molecule has 4 aromatic rings. The van der Waals surface area contributed by atoms with E-state index >= 15 is 4.39 Å². The number of hydrogen-bond acceptors (Lipinski definition) is 7. The minimum absolute atomic E-state index is 0. The number of aromatic nitrogens is 3. The number of aromatic hydroxyl groups is 1. The summed E-state index contributed by atoms with van der Waals surface area (Å²) in [4.78, 5) is 18.0. The second kappa shape index (κ2) is 12.2. The summed E-state index contributed by atoms with van der Waals surface area (Å²) in [5, 5.41) is 16.4. The molecule has 1 N–H and O–H groups in total. The van der Waals surface area contributed by atoms with Crippen molar-refractivity contribution in [2.45, 2.75) is 55.9 Å². The second-order valence-corrected chi connectivity index (χ2v) is 12.5. The number of phenolic OH excluding ortho intramolecular Hbond substituents is 1. The van der Waals surface area contributed by atoms with Crippen LogP contribution in [0.3, 0.4) is 0 Å². The van der Waals surface area contributed by atoms with Crippen LogP contribution in [0.5, 0.6) is 11.8 Å². The molecule has 8 nitrogen and oxygen atoms in total. The molecule has 4 aliphatic rings. The normalized spacial score (nSPS) is 25.3. The fourth-order valence-corrected chi connectivity index (χ4v) is 7.78. The second-order valence-electron chi connectivity index (χ2n) is 12.5. The third kappa shape index (κ3) is 5.25. The zero-order chi connectivity index (χ0) is 30.2. The van der Waals surface area contributed by atoms with E-state index in [1.54, 1.807) is 0 Å². The number of nitrogens with zero attached hydrogens (tertiary/aromatic N) is 6. The van der Waals surface area contributed by atoms with E-state index in [4.69, 9.17) is 21.5 Å². The van der Waals surface area contributed by atoms with Crippen LogP contribution in [0.2, 0.25) is 0 Å². The third-order valence-electron chi connectivity index (χ3n) is 9.74. The molecule has 6 heterocycles. The molecule has 2 aromatic carbocycles. The molecule has 8 rings (SSSR count). The summed E-state index contributed by atoms with van der Waals surface area (Å²) in [6.07, 6.45) is 10.4. The van der Waals surface area contributed by atoms with Gasteiger partial charge in [0.2, 0.25) is 0 Å². The number of anilines is 1. The van der Waals surface area contributed by atoms with Crippen molar-refractivity contribution < 1.29 is 41.6 Å². The largest absolute Gasteiger partial charge is 2.00 e. The van der Waals surface area contributed by atoms with Gasteiger partial charge in [-0.05, 0) is 43.0 Å². The number of hydrogen-bond donors (Lipinski definition) is 1. The molecule has 0 aliphatic carbocycles. The predicted molar refractivity (Wildman–Crippen MR) is 167 cm³/mol. The molecule has 237 valence electrons. The fraction of sp³-hybridized carbons (Fsp3) is 0.412. The van der Waals surface area contributed by atoms with Crippen LogP contribution in [-0.2, 0) is 18.6 Å². The van der Waals surface area contributed by atoms with E-state index in [-0.39, 0.29) is 84.2 Å². The molecule has 4 atom stereocenters. The van der Waals surface area contributed by atoms with Gasteiger partial charge >= 0.3 is 24.6 Å². The maximum Gasteiger partial charge on any atom is 2.00 e. The molecule has 0 spiro atoms. The first kappa shape index (κ1) is 32.4. The monoisotopic (exact) mass is 665 g/mol. The van der Waals surface area contributed by atoms with Crippen LogP contribution in [-0.4, -0.2) is 81.5 Å². The van der Waals surface area contributed by atoms with Gasteiger partial charge < -0.3 is 27.5 Å². The number of alkyl halides is 1. The van der Waals surface area contributed by atoms with E-state index in [0.717, 1.165) is 32.2 Å². The maximum atomic E-state index is 16.7. The van der Waals surface area contributed by atoms with Crippen molar-refractivity contribution in [3.05, 3.63) is 60.4 Å². The number of fused-ring (bicyclic) bond motifs is 5. The first-order valence-electron chi connectivity index (χ1n) is 15.1. The third-order valence-corrected chi connectivity index (χ3v) is 9.74. The summed E-state index contributed by atoms with van der Waals surface area (Å²) in [6, 6.07) is 5.79. The summed E-state index contributed by atoms with van der Waals surface area (Å²) in [7, 11) is 0. The quantitative estimate of drug-likeness (QED) is 0.209. The molecule has 0 saturated carbocycles. The number of piperazine rings is 1. The smallest absolute Gasteiger partial charge is 0.654 e. The number of benzene rings is 2. The van der Waals surface area contributed by atoms with E-state index in [0.29, 0.717) is 42.6 Å². The van der Waals surface area contributed by atoms with Crippen LogP contribution in [0.1, 0.15) is 37.7 Å². The Bertz CT molecular complexity index is 1860. The summed E-state index contributed by atoms with van der Waals surface area (Å²) >= 11 is 0. The van der Waals surface area contributed by atoms with Gasteiger partial charge in [-0.25, -0.2) is 13.2 Å². The fourth-order valence-electron chi connectivity index (χ4n) is 7.78. The molecule has 46 heavy (non-hydrogen) atoms. The Hall–Kier alpha value is -3.56. The molecule has 4 aliphatic heterocycles. The van der Waals surface area contributed by atoms with Crippen molar-refractivity contribution in [3.63, 3.8) is 0 Å². The van der Waals surface area contributed by atoms with E-state index in [1.807, 2.05) is 0 Å². The van der Waals surface area contributed by atoms with Gasteiger partial charge in [0.15, 0.2) is 5.82 Å². The zero-order valence-electron chi connectivity index (χ0n) is 25.4. The first-order chi connectivity index (χ1) is 21.3. The Morgan fingerprint density at radius 2 is 1.91 bits per heavy atom. The van der Waals surface area contributed by atoms with E-state index in [2.05, 4.69) is 25.7 Å². The van der Waals surface area contributed by atoms with Gasteiger partial charge in [0.25, 0.3) is 0 Å². The van der Waals surface area contributed by atoms with Crippen LogP contribution in [0, 0.1) is 31.4 Å². The van der Waals surface area contributed by atoms with Crippen LogP contribution in [0.25, 0.3) is 38.2 Å². The van der Waals surface area contributed by atoms with Crippen molar-refractivity contribution in [2.75, 3.05) is 37.7 Å². The van der Waals surface area contributed by atoms with Crippen molar-refractivity contribution in [3.8, 4) is 35.4 Å². The SMILES string of the molecule is C#Cc1c(F)ccc2cc(O)cc(-c3ncc4c(N5CC6CCC(C5)[N-]6)nc(OC[C@@]56CCCN5CC(F)C6)nc4c3F)c12.[CH3-].[V+2]. The minimum atomic E-state index is -0.916.